The second-order valence-electron chi connectivity index (χ2n) is 7.75. The molecule has 0 saturated carbocycles. The monoisotopic (exact) mass is 434 g/mol. The van der Waals surface area contributed by atoms with Gasteiger partial charge in [0, 0.05) is 41.7 Å². The average Bonchev–Trinajstić information content (AvgIpc) is 3.19. The van der Waals surface area contributed by atoms with Crippen molar-refractivity contribution >= 4 is 34.4 Å². The molecule has 9 nitrogen and oxygen atoms in total. The molecule has 5 rings (SSSR count). The van der Waals surface area contributed by atoms with Crippen LogP contribution in [0.15, 0.2) is 48.7 Å². The van der Waals surface area contributed by atoms with E-state index < -0.39 is 23.9 Å². The molecule has 0 bridgehead atoms. The Labute approximate surface area is 183 Å². The van der Waals surface area contributed by atoms with Gasteiger partial charge in [-0.1, -0.05) is 18.2 Å². The van der Waals surface area contributed by atoms with Crippen LogP contribution >= 0.6 is 0 Å². The van der Waals surface area contributed by atoms with E-state index in [1.54, 1.807) is 18.2 Å². The third-order valence-electron chi connectivity index (χ3n) is 5.54. The van der Waals surface area contributed by atoms with Gasteiger partial charge < -0.3 is 25.1 Å². The highest BCUT2D eigenvalue weighted by molar-refractivity contribution is 6.08. The Balaban J connectivity index is 1.23. The van der Waals surface area contributed by atoms with Crippen LogP contribution in [-0.2, 0) is 16.0 Å². The molecule has 1 atom stereocenters. The summed E-state index contributed by atoms with van der Waals surface area (Å²) in [5, 5.41) is 6.39. The van der Waals surface area contributed by atoms with Gasteiger partial charge in [-0.25, -0.2) is 4.79 Å². The highest BCUT2D eigenvalue weighted by atomic mass is 16.5. The van der Waals surface area contributed by atoms with Crippen molar-refractivity contribution in [1.82, 2.24) is 15.2 Å². The Morgan fingerprint density at radius 3 is 2.78 bits per heavy atom. The van der Waals surface area contributed by atoms with Crippen molar-refractivity contribution in [2.24, 2.45) is 0 Å². The number of carbonyl (C=O) groups excluding carboxylic acids is 3. The molecular formula is C23H22N4O5. The van der Waals surface area contributed by atoms with Crippen LogP contribution in [0.25, 0.3) is 10.9 Å². The zero-order chi connectivity index (χ0) is 22.1. The molecule has 1 unspecified atom stereocenters. The van der Waals surface area contributed by atoms with Gasteiger partial charge in [-0.3, -0.25) is 14.5 Å². The first-order valence-electron chi connectivity index (χ1n) is 10.4. The molecule has 164 valence electrons. The molecule has 4 amide bonds. The van der Waals surface area contributed by atoms with Crippen LogP contribution in [0.5, 0.6) is 11.5 Å². The molecule has 0 spiro atoms. The number of urea groups is 1. The van der Waals surface area contributed by atoms with Gasteiger partial charge in [0.1, 0.15) is 12.6 Å². The first-order valence-corrected chi connectivity index (χ1v) is 10.4. The second kappa shape index (κ2) is 8.26. The lowest BCUT2D eigenvalue weighted by Crippen LogP contribution is -2.38. The lowest BCUT2D eigenvalue weighted by atomic mass is 10.1. The van der Waals surface area contributed by atoms with Gasteiger partial charge in [0.2, 0.25) is 5.91 Å². The molecule has 1 fully saturated rings. The number of aromatic amines is 1. The van der Waals surface area contributed by atoms with E-state index in [4.69, 9.17) is 9.47 Å². The average molecular weight is 434 g/mol. The van der Waals surface area contributed by atoms with Gasteiger partial charge in [0.25, 0.3) is 5.91 Å². The smallest absolute Gasteiger partial charge is 0.325 e. The number of aromatic nitrogens is 1. The maximum Gasteiger partial charge on any atom is 0.325 e. The molecule has 2 aromatic carbocycles. The van der Waals surface area contributed by atoms with Crippen LogP contribution in [-0.4, -0.2) is 53.5 Å². The molecule has 0 radical (unpaired) electrons. The Bertz CT molecular complexity index is 1200. The Kier molecular flexibility index (Phi) is 5.14. The zero-order valence-corrected chi connectivity index (χ0v) is 17.2. The number of rotatable bonds is 5. The maximum absolute atomic E-state index is 12.8. The molecule has 3 N–H and O–H groups in total. The summed E-state index contributed by atoms with van der Waals surface area (Å²) in [5.74, 6) is 0.272. The van der Waals surface area contributed by atoms with Crippen LogP contribution in [0.3, 0.4) is 0 Å². The van der Waals surface area contributed by atoms with E-state index in [9.17, 15) is 14.4 Å². The molecule has 9 heteroatoms. The van der Waals surface area contributed by atoms with Crippen LogP contribution < -0.4 is 20.1 Å². The molecule has 1 saturated heterocycles. The van der Waals surface area contributed by atoms with Gasteiger partial charge in [-0.2, -0.15) is 0 Å². The number of fused-ring (bicyclic) bond motifs is 2. The number of imide groups is 1. The van der Waals surface area contributed by atoms with Gasteiger partial charge in [-0.05, 0) is 23.8 Å². The Hall–Kier alpha value is -4.01. The van der Waals surface area contributed by atoms with E-state index in [1.165, 1.54) is 0 Å². The lowest BCUT2D eigenvalue weighted by Gasteiger charge is -2.14. The molecule has 2 aliphatic rings. The molecule has 0 aliphatic carbocycles. The van der Waals surface area contributed by atoms with E-state index >= 15 is 0 Å². The van der Waals surface area contributed by atoms with Crippen molar-refractivity contribution in [1.29, 1.82) is 0 Å². The van der Waals surface area contributed by atoms with Crippen molar-refractivity contribution < 1.29 is 23.9 Å². The van der Waals surface area contributed by atoms with Crippen molar-refractivity contribution in [2.45, 2.75) is 18.9 Å². The number of amides is 4. The highest BCUT2D eigenvalue weighted by Crippen LogP contribution is 2.32. The summed E-state index contributed by atoms with van der Waals surface area (Å²) >= 11 is 0. The van der Waals surface area contributed by atoms with Crippen molar-refractivity contribution in [3.8, 4) is 11.5 Å². The van der Waals surface area contributed by atoms with Crippen LogP contribution in [0.1, 0.15) is 12.0 Å². The Morgan fingerprint density at radius 1 is 1.09 bits per heavy atom. The van der Waals surface area contributed by atoms with E-state index in [1.807, 2.05) is 30.5 Å². The van der Waals surface area contributed by atoms with Crippen LogP contribution in [0.2, 0.25) is 0 Å². The summed E-state index contributed by atoms with van der Waals surface area (Å²) in [6, 6.07) is 11.6. The quantitative estimate of drug-likeness (QED) is 0.534. The molecule has 32 heavy (non-hydrogen) atoms. The standard InChI is InChI=1S/C23H22N4O5/c28-21(25-15-6-7-19-20(11-15)32-9-3-8-31-19)13-27-22(29)18(26-23(27)30)10-14-12-24-17-5-2-1-4-16(14)17/h1-2,4-7,11-12,18,24H,3,8-10,13H2,(H,25,28)(H,26,30). The van der Waals surface area contributed by atoms with Crippen molar-refractivity contribution in [2.75, 3.05) is 25.1 Å². The summed E-state index contributed by atoms with van der Waals surface area (Å²) < 4.78 is 11.2. The fourth-order valence-corrected chi connectivity index (χ4v) is 3.97. The third kappa shape index (κ3) is 3.84. The van der Waals surface area contributed by atoms with Gasteiger partial charge in [0.05, 0.1) is 13.2 Å². The predicted molar refractivity (Wildman–Crippen MR) is 117 cm³/mol. The van der Waals surface area contributed by atoms with Crippen molar-refractivity contribution in [3.63, 3.8) is 0 Å². The number of anilines is 1. The Morgan fingerprint density at radius 2 is 1.91 bits per heavy atom. The number of nitrogens with zero attached hydrogens (tertiary/aromatic N) is 1. The van der Waals surface area contributed by atoms with E-state index in [0.29, 0.717) is 36.8 Å². The van der Waals surface area contributed by atoms with Gasteiger partial charge >= 0.3 is 6.03 Å². The number of ether oxygens (including phenoxy) is 2. The lowest BCUT2D eigenvalue weighted by molar-refractivity contribution is -0.130. The van der Waals surface area contributed by atoms with Crippen molar-refractivity contribution in [3.05, 3.63) is 54.2 Å². The van der Waals surface area contributed by atoms with Crippen LogP contribution in [0, 0.1) is 0 Å². The fraction of sp³-hybridized carbons (Fsp3) is 0.261. The first-order chi connectivity index (χ1) is 15.6. The number of H-pyrrole nitrogens is 1. The summed E-state index contributed by atoms with van der Waals surface area (Å²) in [6.45, 7) is 0.735. The summed E-state index contributed by atoms with van der Waals surface area (Å²) in [7, 11) is 0. The first kappa shape index (κ1) is 19.9. The minimum Gasteiger partial charge on any atom is -0.490 e. The van der Waals surface area contributed by atoms with Crippen LogP contribution in [0.4, 0.5) is 10.5 Å². The molecule has 3 heterocycles. The molecular weight excluding hydrogens is 412 g/mol. The molecule has 3 aromatic rings. The maximum atomic E-state index is 12.8. The summed E-state index contributed by atoms with van der Waals surface area (Å²) in [4.78, 5) is 41.8. The summed E-state index contributed by atoms with van der Waals surface area (Å²) in [6.07, 6.45) is 2.96. The SMILES string of the molecule is O=C(CN1C(=O)NC(Cc2c[nH]c3ccccc23)C1=O)Nc1ccc2c(c1)OCCCO2. The third-order valence-corrected chi connectivity index (χ3v) is 5.54. The topological polar surface area (TPSA) is 113 Å². The van der Waals surface area contributed by atoms with E-state index in [0.717, 1.165) is 27.8 Å². The highest BCUT2D eigenvalue weighted by Gasteiger charge is 2.39. The number of hydrogen-bond donors (Lipinski definition) is 3. The number of hydrogen-bond acceptors (Lipinski definition) is 5. The number of carbonyl (C=O) groups is 3. The number of nitrogens with one attached hydrogen (secondary N) is 3. The molecule has 1 aromatic heterocycles. The van der Waals surface area contributed by atoms with Gasteiger partial charge in [0.15, 0.2) is 11.5 Å². The number of para-hydroxylation sites is 1. The molecule has 2 aliphatic heterocycles. The van der Waals surface area contributed by atoms with Gasteiger partial charge in [-0.15, -0.1) is 0 Å². The second-order valence-corrected chi connectivity index (χ2v) is 7.75. The summed E-state index contributed by atoms with van der Waals surface area (Å²) in [5.41, 5.74) is 2.39. The largest absolute Gasteiger partial charge is 0.490 e. The minimum atomic E-state index is -0.715. The fourth-order valence-electron chi connectivity index (χ4n) is 3.97. The van der Waals surface area contributed by atoms with E-state index in [-0.39, 0.29) is 6.54 Å². The van der Waals surface area contributed by atoms with E-state index in [2.05, 4.69) is 15.6 Å². The predicted octanol–water partition coefficient (Wildman–Crippen LogP) is 2.43. The normalized spacial score (nSPS) is 17.9. The number of benzene rings is 2. The minimum absolute atomic E-state index is 0.342. The zero-order valence-electron chi connectivity index (χ0n) is 17.2.